The number of rotatable bonds is 22. The van der Waals surface area contributed by atoms with Gasteiger partial charge in [0, 0.05) is 47.3 Å². The van der Waals surface area contributed by atoms with Crippen LogP contribution in [0.2, 0.25) is 0 Å². The van der Waals surface area contributed by atoms with Crippen molar-refractivity contribution in [2.45, 2.75) is 143 Å². The van der Waals surface area contributed by atoms with Crippen LogP contribution in [0.25, 0.3) is 0 Å². The maximum absolute atomic E-state index is 14.4. The summed E-state index contributed by atoms with van der Waals surface area (Å²) >= 11 is 0. The van der Waals surface area contributed by atoms with Crippen LogP contribution in [-0.2, 0) is 39.9 Å². The second-order valence-electron chi connectivity index (χ2n) is 16.6. The Labute approximate surface area is 337 Å². The molecule has 5 amide bonds. The van der Waals surface area contributed by atoms with Crippen LogP contribution in [0, 0.1) is 23.7 Å². The van der Waals surface area contributed by atoms with Crippen LogP contribution >= 0.6 is 0 Å². The number of carbonyl (C=O) groups excluding carboxylic acids is 5. The van der Waals surface area contributed by atoms with Crippen molar-refractivity contribution in [2.24, 2.45) is 23.7 Å². The fraction of sp³-hybridized carbons (Fsp3) is 0.744. The Morgan fingerprint density at radius 2 is 1.48 bits per heavy atom. The van der Waals surface area contributed by atoms with Crippen molar-refractivity contribution in [2.75, 3.05) is 41.9 Å². The highest BCUT2D eigenvalue weighted by Gasteiger charge is 2.43. The van der Waals surface area contributed by atoms with E-state index < -0.39 is 42.3 Å². The van der Waals surface area contributed by atoms with Crippen molar-refractivity contribution >= 4 is 29.5 Å². The zero-order valence-electron chi connectivity index (χ0n) is 36.8. The van der Waals surface area contributed by atoms with Gasteiger partial charge in [-0.25, -0.2) is 0 Å². The number of carbonyl (C=O) groups is 5. The van der Waals surface area contributed by atoms with Gasteiger partial charge in [-0.15, -0.1) is 0 Å². The lowest BCUT2D eigenvalue weighted by Crippen LogP contribution is -2.60. The second kappa shape index (κ2) is 23.0. The molecule has 13 heteroatoms. The first-order valence-corrected chi connectivity index (χ1v) is 20.6. The molecule has 1 fully saturated rings. The molecule has 1 aromatic carbocycles. The van der Waals surface area contributed by atoms with E-state index >= 15 is 0 Å². The summed E-state index contributed by atoms with van der Waals surface area (Å²) in [4.78, 5) is 74.4. The SMILES string of the molecule is CCC(C)[C@@H]([C@@H](CC(=O)N1CCC[C@H]1[C@H](OC)[C@@H](C)C(=O)NC(Cc1ccccc1)C(=O)NC)OC)N(C)C(=O)[C@@H](NC(=O)[C@H](C(C)C)N(C)C(C)C)C(C)C. The minimum Gasteiger partial charge on any atom is -0.379 e. The average Bonchev–Trinajstić information content (AvgIpc) is 3.65. The number of methoxy groups -OCH3 is 2. The standard InChI is InChI=1S/C43H74N6O7/c1-15-29(8)38(48(12)43(54)36(26(2)3)46-42(53)37(27(4)5)47(11)28(6)7)34(55-13)25-35(50)49-23-19-22-33(49)39(56-14)30(9)40(51)45-32(41(52)44-10)24-31-20-17-16-18-21-31/h16-18,20-21,26-30,32-34,36-39H,15,19,22-25H2,1-14H3,(H,44,52)(H,45,51)(H,46,53)/t29?,30-,32?,33+,34-,36+,37+,38+,39-/m1/s1. The molecule has 1 aromatic rings. The lowest BCUT2D eigenvalue weighted by molar-refractivity contribution is -0.148. The van der Waals surface area contributed by atoms with E-state index in [9.17, 15) is 24.0 Å². The van der Waals surface area contributed by atoms with Gasteiger partial charge in [0.15, 0.2) is 0 Å². The number of amides is 5. The van der Waals surface area contributed by atoms with Crippen molar-refractivity contribution in [3.63, 3.8) is 0 Å². The fourth-order valence-corrected chi connectivity index (χ4v) is 8.09. The molecule has 0 radical (unpaired) electrons. The fourth-order valence-electron chi connectivity index (χ4n) is 8.09. The molecule has 3 N–H and O–H groups in total. The quantitative estimate of drug-likeness (QED) is 0.161. The number of benzene rings is 1. The number of likely N-dealkylation sites (N-methyl/N-ethyl adjacent to an activating group) is 3. The van der Waals surface area contributed by atoms with Crippen LogP contribution in [0.4, 0.5) is 0 Å². The minimum atomic E-state index is -0.780. The Kier molecular flexibility index (Phi) is 20.0. The summed E-state index contributed by atoms with van der Waals surface area (Å²) in [7, 11) is 8.31. The predicted molar refractivity (Wildman–Crippen MR) is 221 cm³/mol. The first-order valence-electron chi connectivity index (χ1n) is 20.6. The highest BCUT2D eigenvalue weighted by molar-refractivity contribution is 5.90. The Morgan fingerprint density at radius 1 is 0.857 bits per heavy atom. The maximum atomic E-state index is 14.4. The third-order valence-electron chi connectivity index (χ3n) is 11.8. The van der Waals surface area contributed by atoms with E-state index in [4.69, 9.17) is 9.47 Å². The van der Waals surface area contributed by atoms with Crippen LogP contribution < -0.4 is 16.0 Å². The number of ether oxygens (including phenoxy) is 2. The number of nitrogens with one attached hydrogen (secondary N) is 3. The van der Waals surface area contributed by atoms with E-state index in [-0.39, 0.29) is 65.8 Å². The van der Waals surface area contributed by atoms with Crippen LogP contribution in [0.15, 0.2) is 30.3 Å². The van der Waals surface area contributed by atoms with Crippen LogP contribution in [0.5, 0.6) is 0 Å². The van der Waals surface area contributed by atoms with Gasteiger partial charge in [-0.05, 0) is 57.1 Å². The first kappa shape index (κ1) is 48.6. The van der Waals surface area contributed by atoms with Gasteiger partial charge in [-0.3, -0.25) is 28.9 Å². The second-order valence-corrected chi connectivity index (χ2v) is 16.6. The molecule has 9 atom stereocenters. The third-order valence-corrected chi connectivity index (χ3v) is 11.8. The molecule has 2 unspecified atom stereocenters. The molecule has 2 rings (SSSR count). The summed E-state index contributed by atoms with van der Waals surface area (Å²) in [6.45, 7) is 18.3. The van der Waals surface area contributed by atoms with Gasteiger partial charge in [-0.1, -0.05) is 85.2 Å². The van der Waals surface area contributed by atoms with Crippen molar-refractivity contribution in [1.82, 2.24) is 30.7 Å². The van der Waals surface area contributed by atoms with Gasteiger partial charge < -0.3 is 35.2 Å². The Balaban J connectivity index is 2.30. The van der Waals surface area contributed by atoms with Crippen molar-refractivity contribution < 1.29 is 33.4 Å². The Bertz CT molecular complexity index is 1410. The molecule has 0 aliphatic carbocycles. The molecule has 13 nitrogen and oxygen atoms in total. The normalized spacial score (nSPS) is 18.9. The molecule has 1 saturated heterocycles. The van der Waals surface area contributed by atoms with Gasteiger partial charge in [0.25, 0.3) is 0 Å². The van der Waals surface area contributed by atoms with E-state index in [0.29, 0.717) is 19.4 Å². The number of nitrogens with zero attached hydrogens (tertiary/aromatic N) is 3. The van der Waals surface area contributed by atoms with E-state index in [1.54, 1.807) is 45.0 Å². The Morgan fingerprint density at radius 3 is 1.98 bits per heavy atom. The molecule has 0 aromatic heterocycles. The number of hydrogen-bond acceptors (Lipinski definition) is 8. The molecule has 1 heterocycles. The van der Waals surface area contributed by atoms with E-state index in [1.807, 2.05) is 97.7 Å². The summed E-state index contributed by atoms with van der Waals surface area (Å²) in [5.74, 6) is -2.07. The molecule has 318 valence electrons. The molecule has 0 spiro atoms. The first-order chi connectivity index (χ1) is 26.4. The van der Waals surface area contributed by atoms with Crippen LogP contribution in [0.1, 0.15) is 93.6 Å². The minimum absolute atomic E-state index is 0.0137. The van der Waals surface area contributed by atoms with Gasteiger partial charge >= 0.3 is 0 Å². The lowest BCUT2D eigenvalue weighted by atomic mass is 9.89. The van der Waals surface area contributed by atoms with Crippen molar-refractivity contribution in [1.29, 1.82) is 0 Å². The summed E-state index contributed by atoms with van der Waals surface area (Å²) in [5, 5.41) is 8.67. The Hall–Kier alpha value is -3.55. The van der Waals surface area contributed by atoms with Gasteiger partial charge in [-0.2, -0.15) is 0 Å². The summed E-state index contributed by atoms with van der Waals surface area (Å²) in [5.41, 5.74) is 0.916. The zero-order chi connectivity index (χ0) is 42.4. The predicted octanol–water partition coefficient (Wildman–Crippen LogP) is 3.89. The van der Waals surface area contributed by atoms with E-state index in [2.05, 4.69) is 16.0 Å². The van der Waals surface area contributed by atoms with E-state index in [1.165, 1.54) is 0 Å². The van der Waals surface area contributed by atoms with Crippen LogP contribution in [0.3, 0.4) is 0 Å². The van der Waals surface area contributed by atoms with Crippen molar-refractivity contribution in [3.05, 3.63) is 35.9 Å². The van der Waals surface area contributed by atoms with Crippen LogP contribution in [-0.4, -0.2) is 135 Å². The summed E-state index contributed by atoms with van der Waals surface area (Å²) in [6, 6.07) is 6.83. The number of hydrogen-bond donors (Lipinski definition) is 3. The molecule has 56 heavy (non-hydrogen) atoms. The summed E-state index contributed by atoms with van der Waals surface area (Å²) < 4.78 is 12.0. The highest BCUT2D eigenvalue weighted by Crippen LogP contribution is 2.30. The number of likely N-dealkylation sites (tertiary alicyclic amines) is 1. The summed E-state index contributed by atoms with van der Waals surface area (Å²) in [6.07, 6.45) is 1.20. The van der Waals surface area contributed by atoms with E-state index in [0.717, 1.165) is 18.4 Å². The average molecular weight is 787 g/mol. The van der Waals surface area contributed by atoms with Gasteiger partial charge in [0.05, 0.1) is 42.7 Å². The topological polar surface area (TPSA) is 150 Å². The monoisotopic (exact) mass is 787 g/mol. The van der Waals surface area contributed by atoms with Gasteiger partial charge in [0.1, 0.15) is 12.1 Å². The molecule has 0 bridgehead atoms. The molecule has 1 aliphatic heterocycles. The smallest absolute Gasteiger partial charge is 0.245 e. The molecule has 0 saturated carbocycles. The molecule has 1 aliphatic rings. The maximum Gasteiger partial charge on any atom is 0.245 e. The largest absolute Gasteiger partial charge is 0.379 e. The third kappa shape index (κ3) is 12.7. The molecular formula is C43H74N6O7. The van der Waals surface area contributed by atoms with Gasteiger partial charge in [0.2, 0.25) is 29.5 Å². The lowest BCUT2D eigenvalue weighted by Gasteiger charge is -2.41. The molecular weight excluding hydrogens is 713 g/mol. The zero-order valence-corrected chi connectivity index (χ0v) is 36.8. The van der Waals surface area contributed by atoms with Crippen molar-refractivity contribution in [3.8, 4) is 0 Å². The highest BCUT2D eigenvalue weighted by atomic mass is 16.5.